The van der Waals surface area contributed by atoms with Gasteiger partial charge in [0.15, 0.2) is 5.69 Å². The monoisotopic (exact) mass is 266 g/mol. The van der Waals surface area contributed by atoms with Gasteiger partial charge in [0.05, 0.1) is 18.8 Å². The van der Waals surface area contributed by atoms with Crippen molar-refractivity contribution in [3.63, 3.8) is 0 Å². The van der Waals surface area contributed by atoms with Crippen LogP contribution in [0.1, 0.15) is 30.4 Å². The van der Waals surface area contributed by atoms with Gasteiger partial charge in [-0.05, 0) is 13.8 Å². The number of hydrogen-bond acceptors (Lipinski definition) is 5. The molecule has 3 N–H and O–H groups in total. The van der Waals surface area contributed by atoms with Gasteiger partial charge in [-0.3, -0.25) is 9.59 Å². The number of carbonyl (C=O) groups excluding carboxylic acids is 2. The summed E-state index contributed by atoms with van der Waals surface area (Å²) < 4.78 is 1.67. The summed E-state index contributed by atoms with van der Waals surface area (Å²) in [7, 11) is 0. The van der Waals surface area contributed by atoms with Crippen molar-refractivity contribution in [1.82, 2.24) is 30.9 Å². The van der Waals surface area contributed by atoms with E-state index in [1.165, 1.54) is 0 Å². The van der Waals surface area contributed by atoms with Crippen LogP contribution in [0.4, 0.5) is 0 Å². The van der Waals surface area contributed by atoms with Gasteiger partial charge in [0.1, 0.15) is 0 Å². The van der Waals surface area contributed by atoms with Crippen LogP contribution in [0.2, 0.25) is 0 Å². The third kappa shape index (κ3) is 3.50. The minimum absolute atomic E-state index is 0.0522. The number of nitrogens with zero attached hydrogens (tertiary/aromatic N) is 3. The molecule has 0 saturated carbocycles. The summed E-state index contributed by atoms with van der Waals surface area (Å²) in [5, 5.41) is 16.0. The molecule has 0 bridgehead atoms. The average molecular weight is 266 g/mol. The van der Waals surface area contributed by atoms with Crippen LogP contribution in [0.5, 0.6) is 0 Å². The van der Waals surface area contributed by atoms with E-state index in [1.807, 2.05) is 13.8 Å². The summed E-state index contributed by atoms with van der Waals surface area (Å²) >= 11 is 0. The normalized spacial score (nSPS) is 15.1. The zero-order valence-electron chi connectivity index (χ0n) is 11.0. The molecular weight excluding hydrogens is 248 g/mol. The van der Waals surface area contributed by atoms with Gasteiger partial charge in [-0.15, -0.1) is 5.10 Å². The van der Waals surface area contributed by atoms with Crippen LogP contribution in [-0.2, 0) is 4.79 Å². The molecule has 1 fully saturated rings. The summed E-state index contributed by atoms with van der Waals surface area (Å²) in [6.07, 6.45) is 1.60. The lowest BCUT2D eigenvalue weighted by Crippen LogP contribution is -2.43. The Morgan fingerprint density at radius 1 is 1.53 bits per heavy atom. The first-order valence-electron chi connectivity index (χ1n) is 6.26. The third-order valence-corrected chi connectivity index (χ3v) is 2.74. The average Bonchev–Trinajstić information content (AvgIpc) is 2.71. The number of carbonyl (C=O) groups is 2. The van der Waals surface area contributed by atoms with Gasteiger partial charge in [-0.2, -0.15) is 0 Å². The zero-order chi connectivity index (χ0) is 13.8. The molecule has 2 amide bonds. The lowest BCUT2D eigenvalue weighted by molar-refractivity contribution is -0.120. The Bertz CT molecular complexity index is 466. The lowest BCUT2D eigenvalue weighted by Gasteiger charge is -2.26. The Kier molecular flexibility index (Phi) is 4.10. The van der Waals surface area contributed by atoms with E-state index in [0.717, 1.165) is 13.1 Å². The number of rotatable bonds is 5. The smallest absolute Gasteiger partial charge is 0.273 e. The van der Waals surface area contributed by atoms with Crippen molar-refractivity contribution < 1.29 is 9.59 Å². The molecule has 8 heteroatoms. The Morgan fingerprint density at radius 3 is 2.84 bits per heavy atom. The van der Waals surface area contributed by atoms with Crippen LogP contribution in [-0.4, -0.2) is 52.5 Å². The molecule has 2 rings (SSSR count). The standard InChI is InChI=1S/C11H18N6O2/c1-7(2)14-10(18)5-13-11(19)9-6-17(16-15-9)8-3-12-4-8/h6-8,12H,3-5H2,1-2H3,(H,13,19)(H,14,18). The summed E-state index contributed by atoms with van der Waals surface area (Å²) in [5.74, 6) is -0.614. The first-order valence-corrected chi connectivity index (χ1v) is 6.26. The predicted molar refractivity (Wildman–Crippen MR) is 67.5 cm³/mol. The largest absolute Gasteiger partial charge is 0.352 e. The highest BCUT2D eigenvalue weighted by Crippen LogP contribution is 2.09. The van der Waals surface area contributed by atoms with E-state index in [-0.39, 0.29) is 30.2 Å². The summed E-state index contributed by atoms with van der Waals surface area (Å²) in [4.78, 5) is 23.1. The Morgan fingerprint density at radius 2 is 2.26 bits per heavy atom. The van der Waals surface area contributed by atoms with E-state index >= 15 is 0 Å². The first-order chi connectivity index (χ1) is 9.06. The van der Waals surface area contributed by atoms with Crippen molar-refractivity contribution in [3.05, 3.63) is 11.9 Å². The maximum atomic E-state index is 11.8. The minimum atomic E-state index is -0.391. The molecule has 1 aromatic rings. The van der Waals surface area contributed by atoms with Crippen LogP contribution < -0.4 is 16.0 Å². The van der Waals surface area contributed by atoms with Crippen LogP contribution >= 0.6 is 0 Å². The highest BCUT2D eigenvalue weighted by Gasteiger charge is 2.21. The Balaban J connectivity index is 1.82. The van der Waals surface area contributed by atoms with Crippen LogP contribution in [0, 0.1) is 0 Å². The quantitative estimate of drug-likeness (QED) is 0.613. The molecule has 0 radical (unpaired) electrons. The van der Waals surface area contributed by atoms with Gasteiger partial charge in [-0.25, -0.2) is 4.68 Å². The highest BCUT2D eigenvalue weighted by molar-refractivity contribution is 5.94. The van der Waals surface area contributed by atoms with Gasteiger partial charge < -0.3 is 16.0 Å². The Hall–Kier alpha value is -1.96. The van der Waals surface area contributed by atoms with Gasteiger partial charge in [0.25, 0.3) is 5.91 Å². The molecule has 1 aliphatic heterocycles. The number of nitrogens with one attached hydrogen (secondary N) is 3. The second-order valence-electron chi connectivity index (χ2n) is 4.80. The molecule has 0 atom stereocenters. The fourth-order valence-electron chi connectivity index (χ4n) is 1.64. The van der Waals surface area contributed by atoms with E-state index in [4.69, 9.17) is 0 Å². The molecule has 8 nitrogen and oxygen atoms in total. The fourth-order valence-corrected chi connectivity index (χ4v) is 1.64. The molecule has 0 aromatic carbocycles. The molecule has 19 heavy (non-hydrogen) atoms. The van der Waals surface area contributed by atoms with Gasteiger partial charge in [-0.1, -0.05) is 5.21 Å². The van der Waals surface area contributed by atoms with Crippen molar-refractivity contribution in [3.8, 4) is 0 Å². The van der Waals surface area contributed by atoms with E-state index in [2.05, 4.69) is 26.3 Å². The second kappa shape index (κ2) is 5.79. The fraction of sp³-hybridized carbons (Fsp3) is 0.636. The number of hydrogen-bond donors (Lipinski definition) is 3. The van der Waals surface area contributed by atoms with E-state index in [1.54, 1.807) is 10.9 Å². The third-order valence-electron chi connectivity index (χ3n) is 2.74. The van der Waals surface area contributed by atoms with Crippen molar-refractivity contribution in [2.24, 2.45) is 0 Å². The highest BCUT2D eigenvalue weighted by atomic mass is 16.2. The van der Waals surface area contributed by atoms with E-state index in [9.17, 15) is 9.59 Å². The summed E-state index contributed by atoms with van der Waals surface area (Å²) in [5.41, 5.74) is 0.226. The summed E-state index contributed by atoms with van der Waals surface area (Å²) in [6, 6.07) is 0.315. The SMILES string of the molecule is CC(C)NC(=O)CNC(=O)c1cn(C2CNC2)nn1. The van der Waals surface area contributed by atoms with Gasteiger partial charge >= 0.3 is 0 Å². The summed E-state index contributed by atoms with van der Waals surface area (Å²) in [6.45, 7) is 5.33. The first kappa shape index (κ1) is 13.5. The topological polar surface area (TPSA) is 101 Å². The van der Waals surface area contributed by atoms with Crippen LogP contribution in [0.25, 0.3) is 0 Å². The van der Waals surface area contributed by atoms with Crippen LogP contribution in [0.3, 0.4) is 0 Å². The minimum Gasteiger partial charge on any atom is -0.352 e. The van der Waals surface area contributed by atoms with Crippen molar-refractivity contribution >= 4 is 11.8 Å². The molecule has 2 heterocycles. The van der Waals surface area contributed by atoms with Crippen molar-refractivity contribution in [2.45, 2.75) is 25.9 Å². The van der Waals surface area contributed by atoms with Gasteiger partial charge in [0, 0.05) is 19.1 Å². The maximum absolute atomic E-state index is 11.8. The molecule has 1 saturated heterocycles. The van der Waals surface area contributed by atoms with E-state index in [0.29, 0.717) is 0 Å². The molecule has 1 aromatic heterocycles. The second-order valence-corrected chi connectivity index (χ2v) is 4.80. The molecule has 0 aliphatic carbocycles. The Labute approximate surface area is 110 Å². The number of amides is 2. The number of aromatic nitrogens is 3. The predicted octanol–water partition coefficient (Wildman–Crippen LogP) is -1.32. The van der Waals surface area contributed by atoms with E-state index < -0.39 is 5.91 Å². The van der Waals surface area contributed by atoms with Crippen molar-refractivity contribution in [1.29, 1.82) is 0 Å². The molecule has 1 aliphatic rings. The molecule has 104 valence electrons. The maximum Gasteiger partial charge on any atom is 0.273 e. The molecule has 0 unspecified atom stereocenters. The van der Waals surface area contributed by atoms with Crippen LogP contribution in [0.15, 0.2) is 6.20 Å². The zero-order valence-corrected chi connectivity index (χ0v) is 11.0. The van der Waals surface area contributed by atoms with Crippen molar-refractivity contribution in [2.75, 3.05) is 19.6 Å². The lowest BCUT2D eigenvalue weighted by atomic mass is 10.2. The molecular formula is C11H18N6O2. The van der Waals surface area contributed by atoms with Gasteiger partial charge in [0.2, 0.25) is 5.91 Å². The molecule has 0 spiro atoms.